The number of piperidine rings is 1. The number of anilines is 1. The van der Waals surface area contributed by atoms with Crippen LogP contribution in [-0.4, -0.2) is 53.2 Å². The molecule has 0 aliphatic carbocycles. The Balaban J connectivity index is 1.66. The summed E-state index contributed by atoms with van der Waals surface area (Å²) in [4.78, 5) is 16.7. The van der Waals surface area contributed by atoms with Crippen molar-refractivity contribution in [3.8, 4) is 0 Å². The number of nitrogens with two attached hydrogens (primary N) is 1. The summed E-state index contributed by atoms with van der Waals surface area (Å²) >= 11 is 0. The predicted octanol–water partition coefficient (Wildman–Crippen LogP) is 1.28. The first-order chi connectivity index (χ1) is 10.6. The molecule has 2 atom stereocenters. The van der Waals surface area contributed by atoms with Gasteiger partial charge in [-0.05, 0) is 50.7 Å². The van der Waals surface area contributed by atoms with Gasteiger partial charge < -0.3 is 15.5 Å². The molecule has 0 unspecified atom stereocenters. The molecule has 2 saturated heterocycles. The molecule has 1 aromatic rings. The number of carbonyl (C=O) groups excluding carboxylic acids is 1. The summed E-state index contributed by atoms with van der Waals surface area (Å²) in [6.45, 7) is 5.60. The highest BCUT2D eigenvalue weighted by Gasteiger charge is 2.27. The first-order valence-electron chi connectivity index (χ1n) is 8.28. The fourth-order valence-corrected chi connectivity index (χ4v) is 3.34. The van der Waals surface area contributed by atoms with Crippen LogP contribution < -0.4 is 10.6 Å². The van der Waals surface area contributed by atoms with Crippen molar-refractivity contribution in [3.05, 3.63) is 17.8 Å². The van der Waals surface area contributed by atoms with E-state index in [1.807, 2.05) is 17.9 Å². The largest absolute Gasteiger partial charge is 0.355 e. The summed E-state index contributed by atoms with van der Waals surface area (Å²) in [5.41, 5.74) is 6.42. The fourth-order valence-electron chi connectivity index (χ4n) is 3.34. The second kappa shape index (κ2) is 6.60. The van der Waals surface area contributed by atoms with Crippen LogP contribution in [0.3, 0.4) is 0 Å². The van der Waals surface area contributed by atoms with Crippen LogP contribution in [0.1, 0.15) is 43.1 Å². The number of nitrogens with zero attached hydrogens (tertiary/aromatic N) is 4. The molecule has 1 aromatic heterocycles. The molecule has 6 nitrogen and oxygen atoms in total. The number of hydrogen-bond donors (Lipinski definition) is 1. The highest BCUT2D eigenvalue weighted by atomic mass is 16.2. The van der Waals surface area contributed by atoms with E-state index in [1.165, 1.54) is 12.8 Å². The lowest BCUT2D eigenvalue weighted by Gasteiger charge is -2.34. The van der Waals surface area contributed by atoms with Gasteiger partial charge in [0, 0.05) is 32.2 Å². The van der Waals surface area contributed by atoms with Crippen molar-refractivity contribution in [3.63, 3.8) is 0 Å². The van der Waals surface area contributed by atoms with Crippen molar-refractivity contribution < 1.29 is 4.79 Å². The minimum absolute atomic E-state index is 0.0224. The first kappa shape index (κ1) is 15.2. The highest BCUT2D eigenvalue weighted by molar-refractivity contribution is 5.92. The Morgan fingerprint density at radius 3 is 2.64 bits per heavy atom. The number of carbonyl (C=O) groups is 1. The SMILES string of the molecule is C[C@H](N)[C@H]1CCCN(C(=O)c2ccc(N3CCCC3)nn2)C1. The molecule has 0 spiro atoms. The van der Waals surface area contributed by atoms with Crippen LogP contribution in [0, 0.1) is 5.92 Å². The van der Waals surface area contributed by atoms with Crippen molar-refractivity contribution in [1.82, 2.24) is 15.1 Å². The minimum Gasteiger partial charge on any atom is -0.355 e. The Hall–Kier alpha value is -1.69. The third-order valence-electron chi connectivity index (χ3n) is 4.79. The molecule has 2 aliphatic rings. The molecule has 0 aromatic carbocycles. The van der Waals surface area contributed by atoms with Gasteiger partial charge in [-0.2, -0.15) is 0 Å². The molecular weight excluding hydrogens is 278 g/mol. The Kier molecular flexibility index (Phi) is 4.57. The Morgan fingerprint density at radius 2 is 2.00 bits per heavy atom. The molecule has 3 heterocycles. The van der Waals surface area contributed by atoms with E-state index < -0.39 is 0 Å². The maximum atomic E-state index is 12.6. The van der Waals surface area contributed by atoms with Gasteiger partial charge in [0.25, 0.3) is 5.91 Å². The van der Waals surface area contributed by atoms with Crippen molar-refractivity contribution in [1.29, 1.82) is 0 Å². The molecule has 0 saturated carbocycles. The third kappa shape index (κ3) is 3.21. The van der Waals surface area contributed by atoms with Gasteiger partial charge in [-0.15, -0.1) is 10.2 Å². The summed E-state index contributed by atoms with van der Waals surface area (Å²) in [6, 6.07) is 3.84. The zero-order valence-corrected chi connectivity index (χ0v) is 13.2. The van der Waals surface area contributed by atoms with Gasteiger partial charge in [-0.1, -0.05) is 0 Å². The van der Waals surface area contributed by atoms with E-state index in [0.29, 0.717) is 11.6 Å². The predicted molar refractivity (Wildman–Crippen MR) is 85.8 cm³/mol. The molecule has 2 fully saturated rings. The van der Waals surface area contributed by atoms with E-state index in [2.05, 4.69) is 15.1 Å². The van der Waals surface area contributed by atoms with E-state index in [-0.39, 0.29) is 11.9 Å². The average Bonchev–Trinajstić information content (AvgIpc) is 3.09. The second-order valence-corrected chi connectivity index (χ2v) is 6.48. The van der Waals surface area contributed by atoms with Crippen LogP contribution in [0.15, 0.2) is 12.1 Å². The smallest absolute Gasteiger partial charge is 0.274 e. The molecule has 22 heavy (non-hydrogen) atoms. The number of aromatic nitrogens is 2. The van der Waals surface area contributed by atoms with Gasteiger partial charge in [0.2, 0.25) is 0 Å². The number of hydrogen-bond acceptors (Lipinski definition) is 5. The molecule has 2 N–H and O–H groups in total. The van der Waals surface area contributed by atoms with E-state index in [1.54, 1.807) is 6.07 Å². The second-order valence-electron chi connectivity index (χ2n) is 6.48. The molecule has 3 rings (SSSR count). The van der Waals surface area contributed by atoms with Crippen LogP contribution in [0.5, 0.6) is 0 Å². The van der Waals surface area contributed by atoms with Crippen LogP contribution in [0.4, 0.5) is 5.82 Å². The Bertz CT molecular complexity index is 510. The van der Waals surface area contributed by atoms with Crippen LogP contribution in [0.25, 0.3) is 0 Å². The lowest BCUT2D eigenvalue weighted by Crippen LogP contribution is -2.45. The molecular formula is C16H25N5O. The molecule has 1 amide bonds. The van der Waals surface area contributed by atoms with Gasteiger partial charge in [-0.25, -0.2) is 0 Å². The molecule has 0 bridgehead atoms. The highest BCUT2D eigenvalue weighted by Crippen LogP contribution is 2.21. The topological polar surface area (TPSA) is 75.3 Å². The summed E-state index contributed by atoms with van der Waals surface area (Å²) in [5, 5.41) is 8.39. The lowest BCUT2D eigenvalue weighted by molar-refractivity contribution is 0.0654. The summed E-state index contributed by atoms with van der Waals surface area (Å²) < 4.78 is 0. The monoisotopic (exact) mass is 303 g/mol. The third-order valence-corrected chi connectivity index (χ3v) is 4.79. The fraction of sp³-hybridized carbons (Fsp3) is 0.688. The molecule has 2 aliphatic heterocycles. The zero-order chi connectivity index (χ0) is 15.5. The van der Waals surface area contributed by atoms with Crippen LogP contribution in [-0.2, 0) is 0 Å². The lowest BCUT2D eigenvalue weighted by atomic mass is 9.92. The van der Waals surface area contributed by atoms with Crippen molar-refractivity contribution in [2.24, 2.45) is 11.7 Å². The molecule has 120 valence electrons. The van der Waals surface area contributed by atoms with E-state index in [0.717, 1.165) is 44.8 Å². The molecule has 0 radical (unpaired) electrons. The van der Waals surface area contributed by atoms with Gasteiger partial charge in [0.1, 0.15) is 0 Å². The van der Waals surface area contributed by atoms with Gasteiger partial charge in [-0.3, -0.25) is 4.79 Å². The van der Waals surface area contributed by atoms with Crippen molar-refractivity contribution in [2.75, 3.05) is 31.1 Å². The Labute approximate surface area is 131 Å². The molecule has 6 heteroatoms. The minimum atomic E-state index is -0.0224. The van der Waals surface area contributed by atoms with Crippen LogP contribution >= 0.6 is 0 Å². The van der Waals surface area contributed by atoms with Gasteiger partial charge in [0.05, 0.1) is 0 Å². The Morgan fingerprint density at radius 1 is 1.23 bits per heavy atom. The van der Waals surface area contributed by atoms with Crippen LogP contribution in [0.2, 0.25) is 0 Å². The quantitative estimate of drug-likeness (QED) is 0.910. The van der Waals surface area contributed by atoms with E-state index in [4.69, 9.17) is 5.73 Å². The zero-order valence-electron chi connectivity index (χ0n) is 13.2. The van der Waals surface area contributed by atoms with Crippen molar-refractivity contribution >= 4 is 11.7 Å². The van der Waals surface area contributed by atoms with Gasteiger partial charge >= 0.3 is 0 Å². The number of rotatable bonds is 3. The van der Waals surface area contributed by atoms with E-state index >= 15 is 0 Å². The summed E-state index contributed by atoms with van der Waals surface area (Å²) in [6.07, 6.45) is 4.52. The van der Waals surface area contributed by atoms with E-state index in [9.17, 15) is 4.79 Å². The first-order valence-corrected chi connectivity index (χ1v) is 8.28. The number of amides is 1. The number of likely N-dealkylation sites (tertiary alicyclic amines) is 1. The standard InChI is InChI=1S/C16H25N5O/c1-12(17)13-5-4-10-21(11-13)16(22)14-6-7-15(19-18-14)20-8-2-3-9-20/h6-7,12-13H,2-5,8-11,17H2,1H3/t12-,13-/m0/s1. The maximum Gasteiger partial charge on any atom is 0.274 e. The average molecular weight is 303 g/mol. The van der Waals surface area contributed by atoms with Gasteiger partial charge in [0.15, 0.2) is 11.5 Å². The summed E-state index contributed by atoms with van der Waals surface area (Å²) in [5.74, 6) is 1.24. The summed E-state index contributed by atoms with van der Waals surface area (Å²) in [7, 11) is 0. The normalized spacial score (nSPS) is 23.6. The maximum absolute atomic E-state index is 12.6. The van der Waals surface area contributed by atoms with Crippen molar-refractivity contribution in [2.45, 2.75) is 38.6 Å².